The number of hydrogen-bond donors (Lipinski definition) is 1. The Bertz CT molecular complexity index is 1640. The van der Waals surface area contributed by atoms with Crippen molar-refractivity contribution in [1.29, 1.82) is 0 Å². The molecule has 0 bridgehead atoms. The van der Waals surface area contributed by atoms with Gasteiger partial charge in [-0.05, 0) is 67.4 Å². The Morgan fingerprint density at radius 2 is 1.59 bits per heavy atom. The summed E-state index contributed by atoms with van der Waals surface area (Å²) < 4.78 is 34.3. The molecule has 0 fully saturated rings. The quantitative estimate of drug-likeness (QED) is 0.251. The van der Waals surface area contributed by atoms with E-state index >= 15 is 0 Å². The van der Waals surface area contributed by atoms with E-state index in [2.05, 4.69) is 5.32 Å². The Balaban J connectivity index is 1.72. The first-order valence-corrected chi connectivity index (χ1v) is 13.8. The second kappa shape index (κ2) is 11.7. The van der Waals surface area contributed by atoms with Crippen molar-refractivity contribution in [2.75, 3.05) is 23.3 Å². The van der Waals surface area contributed by atoms with Gasteiger partial charge in [-0.3, -0.25) is 13.9 Å². The van der Waals surface area contributed by atoms with Crippen molar-refractivity contribution in [2.24, 2.45) is 0 Å². The van der Waals surface area contributed by atoms with Crippen molar-refractivity contribution in [3.63, 3.8) is 0 Å². The minimum atomic E-state index is -4.24. The average Bonchev–Trinajstić information content (AvgIpc) is 2.92. The van der Waals surface area contributed by atoms with Crippen molar-refractivity contribution in [3.8, 4) is 5.75 Å². The van der Waals surface area contributed by atoms with Gasteiger partial charge in [-0.1, -0.05) is 60.1 Å². The second-order valence-electron chi connectivity index (χ2n) is 8.94. The molecule has 0 aliphatic rings. The summed E-state index contributed by atoms with van der Waals surface area (Å²) in [6.45, 7) is 3.05. The summed E-state index contributed by atoms with van der Waals surface area (Å²) in [5.41, 5.74) is 2.67. The molecule has 0 radical (unpaired) electrons. The van der Waals surface area contributed by atoms with Crippen LogP contribution in [-0.4, -0.2) is 33.8 Å². The van der Waals surface area contributed by atoms with Crippen LogP contribution in [0.4, 0.5) is 11.4 Å². The van der Waals surface area contributed by atoms with Crippen LogP contribution in [0.2, 0.25) is 5.02 Å². The SMILES string of the molecule is COc1ccc(C)cc1S(=O)(=O)N(CC(=O)Nc1ccc(Cl)cc1C(=O)c1ccccc1)c1cccc(C)c1. The molecule has 0 spiro atoms. The summed E-state index contributed by atoms with van der Waals surface area (Å²) in [5, 5.41) is 3.03. The van der Waals surface area contributed by atoms with Crippen molar-refractivity contribution in [3.05, 3.63) is 118 Å². The normalized spacial score (nSPS) is 11.1. The maximum atomic E-state index is 14.0. The molecule has 4 aromatic carbocycles. The summed E-state index contributed by atoms with van der Waals surface area (Å²) in [6.07, 6.45) is 0. The molecule has 0 heterocycles. The number of ether oxygens (including phenoxy) is 1. The van der Waals surface area contributed by atoms with E-state index in [1.807, 2.05) is 13.0 Å². The fourth-order valence-electron chi connectivity index (χ4n) is 4.08. The molecule has 0 saturated carbocycles. The number of sulfonamides is 1. The predicted octanol–water partition coefficient (Wildman–Crippen LogP) is 6.03. The first kappa shape index (κ1) is 27.9. The van der Waals surface area contributed by atoms with E-state index in [9.17, 15) is 18.0 Å². The zero-order valence-corrected chi connectivity index (χ0v) is 23.2. The molecule has 9 heteroatoms. The summed E-state index contributed by atoms with van der Waals surface area (Å²) in [7, 11) is -2.85. The number of anilines is 2. The van der Waals surface area contributed by atoms with E-state index in [4.69, 9.17) is 16.3 Å². The molecule has 0 aromatic heterocycles. The van der Waals surface area contributed by atoms with E-state index < -0.39 is 22.5 Å². The van der Waals surface area contributed by atoms with Crippen molar-refractivity contribution in [1.82, 2.24) is 0 Å². The number of methoxy groups -OCH3 is 1. The molecule has 0 atom stereocenters. The van der Waals surface area contributed by atoms with Gasteiger partial charge in [-0.15, -0.1) is 0 Å². The third-order valence-corrected chi connectivity index (χ3v) is 8.03. The summed E-state index contributed by atoms with van der Waals surface area (Å²) >= 11 is 6.17. The number of carbonyl (C=O) groups excluding carboxylic acids is 2. The number of nitrogens with one attached hydrogen (secondary N) is 1. The average molecular weight is 563 g/mol. The van der Waals surface area contributed by atoms with Gasteiger partial charge < -0.3 is 10.1 Å². The molecule has 39 heavy (non-hydrogen) atoms. The number of ketones is 1. The van der Waals surface area contributed by atoms with E-state index in [1.165, 1.54) is 25.3 Å². The molecular weight excluding hydrogens is 536 g/mol. The van der Waals surface area contributed by atoms with Gasteiger partial charge in [0.1, 0.15) is 17.2 Å². The zero-order chi connectivity index (χ0) is 28.2. The molecule has 0 aliphatic carbocycles. The van der Waals surface area contributed by atoms with Gasteiger partial charge in [0, 0.05) is 16.1 Å². The molecule has 4 rings (SSSR count). The maximum Gasteiger partial charge on any atom is 0.268 e. The molecule has 0 saturated heterocycles. The Kier molecular flexibility index (Phi) is 8.38. The van der Waals surface area contributed by atoms with Gasteiger partial charge in [0.2, 0.25) is 5.91 Å². The Labute approximate surface area is 233 Å². The zero-order valence-electron chi connectivity index (χ0n) is 21.6. The topological polar surface area (TPSA) is 92.8 Å². The first-order valence-electron chi connectivity index (χ1n) is 12.0. The molecule has 1 N–H and O–H groups in total. The molecule has 1 amide bonds. The maximum absolute atomic E-state index is 14.0. The largest absolute Gasteiger partial charge is 0.495 e. The number of carbonyl (C=O) groups is 2. The third kappa shape index (κ3) is 6.30. The van der Waals surface area contributed by atoms with Crippen LogP contribution < -0.4 is 14.4 Å². The standard InChI is InChI=1S/C30H27ClN2O5S/c1-20-8-7-11-24(16-20)33(39(36,37)28-17-21(2)12-15-27(28)38-3)19-29(34)32-26-14-13-23(31)18-25(26)30(35)22-9-5-4-6-10-22/h4-18H,19H2,1-3H3,(H,32,34). The number of amides is 1. The smallest absolute Gasteiger partial charge is 0.268 e. The fraction of sp³-hybridized carbons (Fsp3) is 0.133. The molecule has 4 aromatic rings. The molecule has 0 aliphatic heterocycles. The number of benzene rings is 4. The lowest BCUT2D eigenvalue weighted by atomic mass is 10.0. The molecule has 200 valence electrons. The highest BCUT2D eigenvalue weighted by atomic mass is 35.5. The van der Waals surface area contributed by atoms with Crippen LogP contribution in [0.25, 0.3) is 0 Å². The Morgan fingerprint density at radius 1 is 0.872 bits per heavy atom. The molecular formula is C30H27ClN2O5S. The lowest BCUT2D eigenvalue weighted by Crippen LogP contribution is -2.38. The van der Waals surface area contributed by atoms with Gasteiger partial charge in [0.15, 0.2) is 5.78 Å². The number of aryl methyl sites for hydroxylation is 2. The molecule has 7 nitrogen and oxygen atoms in total. The third-order valence-electron chi connectivity index (χ3n) is 6.00. The van der Waals surface area contributed by atoms with Crippen molar-refractivity contribution < 1.29 is 22.7 Å². The predicted molar refractivity (Wildman–Crippen MR) is 153 cm³/mol. The summed E-state index contributed by atoms with van der Waals surface area (Å²) in [5.74, 6) is -0.815. The van der Waals surface area contributed by atoms with Gasteiger partial charge >= 0.3 is 0 Å². The Morgan fingerprint density at radius 3 is 2.28 bits per heavy atom. The van der Waals surface area contributed by atoms with Crippen LogP contribution in [0, 0.1) is 13.8 Å². The number of hydrogen-bond acceptors (Lipinski definition) is 5. The van der Waals surface area contributed by atoms with Crippen LogP contribution >= 0.6 is 11.6 Å². The Hall–Kier alpha value is -4.14. The van der Waals surface area contributed by atoms with Crippen LogP contribution in [-0.2, 0) is 14.8 Å². The monoisotopic (exact) mass is 562 g/mol. The summed E-state index contributed by atoms with van der Waals surface area (Å²) in [6, 6.07) is 24.8. The minimum absolute atomic E-state index is 0.0641. The highest BCUT2D eigenvalue weighted by Crippen LogP contribution is 2.31. The van der Waals surface area contributed by atoms with Gasteiger partial charge in [0.25, 0.3) is 10.0 Å². The van der Waals surface area contributed by atoms with E-state index in [0.717, 1.165) is 9.87 Å². The van der Waals surface area contributed by atoms with Crippen LogP contribution in [0.15, 0.2) is 95.9 Å². The van der Waals surface area contributed by atoms with Crippen LogP contribution in [0.3, 0.4) is 0 Å². The molecule has 0 unspecified atom stereocenters. The second-order valence-corrected chi connectivity index (χ2v) is 11.2. The van der Waals surface area contributed by atoms with Crippen molar-refractivity contribution >= 4 is 44.7 Å². The van der Waals surface area contributed by atoms with E-state index in [1.54, 1.807) is 73.7 Å². The van der Waals surface area contributed by atoms with Crippen LogP contribution in [0.1, 0.15) is 27.0 Å². The lowest BCUT2D eigenvalue weighted by Gasteiger charge is -2.25. The van der Waals surface area contributed by atoms with E-state index in [0.29, 0.717) is 21.8 Å². The van der Waals surface area contributed by atoms with Crippen LogP contribution in [0.5, 0.6) is 5.75 Å². The van der Waals surface area contributed by atoms with Gasteiger partial charge in [0.05, 0.1) is 18.5 Å². The number of halogens is 1. The number of rotatable bonds is 9. The van der Waals surface area contributed by atoms with Gasteiger partial charge in [-0.2, -0.15) is 0 Å². The van der Waals surface area contributed by atoms with Crippen molar-refractivity contribution in [2.45, 2.75) is 18.7 Å². The fourth-order valence-corrected chi connectivity index (χ4v) is 5.91. The van der Waals surface area contributed by atoms with Gasteiger partial charge in [-0.25, -0.2) is 8.42 Å². The highest BCUT2D eigenvalue weighted by Gasteiger charge is 2.30. The highest BCUT2D eigenvalue weighted by molar-refractivity contribution is 7.93. The van der Waals surface area contributed by atoms with E-state index in [-0.39, 0.29) is 27.7 Å². The first-order chi connectivity index (χ1) is 18.6. The lowest BCUT2D eigenvalue weighted by molar-refractivity contribution is -0.114. The summed E-state index contributed by atoms with van der Waals surface area (Å²) in [4.78, 5) is 26.5. The minimum Gasteiger partial charge on any atom is -0.495 e. The number of nitrogens with zero attached hydrogens (tertiary/aromatic N) is 1.